The van der Waals surface area contributed by atoms with Gasteiger partial charge >= 0.3 is 5.97 Å². The fourth-order valence-electron chi connectivity index (χ4n) is 5.55. The molecule has 0 aromatic carbocycles. The van der Waals surface area contributed by atoms with Crippen LogP contribution in [0.25, 0.3) is 0 Å². The van der Waals surface area contributed by atoms with Crippen LogP contribution in [0.5, 0.6) is 0 Å². The Morgan fingerprint density at radius 2 is 1.91 bits per heavy atom. The van der Waals surface area contributed by atoms with E-state index in [9.17, 15) is 14.4 Å². The van der Waals surface area contributed by atoms with Crippen LogP contribution in [-0.4, -0.2) is 81.6 Å². The van der Waals surface area contributed by atoms with Gasteiger partial charge in [-0.1, -0.05) is 50.5 Å². The highest BCUT2D eigenvalue weighted by Crippen LogP contribution is 2.60. The second-order valence-corrected chi connectivity index (χ2v) is 10.6. The molecule has 8 heteroatoms. The van der Waals surface area contributed by atoms with E-state index in [0.29, 0.717) is 19.6 Å². The predicted molar refractivity (Wildman–Crippen MR) is 123 cm³/mol. The van der Waals surface area contributed by atoms with Crippen LogP contribution < -0.4 is 0 Å². The quantitative estimate of drug-likeness (QED) is 0.321. The first-order chi connectivity index (χ1) is 15.5. The number of aliphatic hydroxyl groups excluding tert-OH is 1. The fraction of sp³-hybridized carbons (Fsp3) is 0.708. The molecular formula is C24H34N2O5S. The molecule has 2 amide bonds. The minimum Gasteiger partial charge on any atom is -0.461 e. The van der Waals surface area contributed by atoms with Gasteiger partial charge in [0.2, 0.25) is 11.8 Å². The van der Waals surface area contributed by atoms with Crippen LogP contribution in [0.3, 0.4) is 0 Å². The van der Waals surface area contributed by atoms with Crippen LogP contribution in [0.4, 0.5) is 0 Å². The highest BCUT2D eigenvalue weighted by atomic mass is 32.2. The Kier molecular flexibility index (Phi) is 7.30. The summed E-state index contributed by atoms with van der Waals surface area (Å²) in [6.07, 6.45) is 13.1. The lowest BCUT2D eigenvalue weighted by atomic mass is 9.78. The number of amides is 2. The third-order valence-electron chi connectivity index (χ3n) is 7.09. The Labute approximate surface area is 194 Å². The third kappa shape index (κ3) is 4.00. The van der Waals surface area contributed by atoms with Gasteiger partial charge in [0.25, 0.3) is 0 Å². The molecule has 0 aromatic heterocycles. The van der Waals surface area contributed by atoms with Gasteiger partial charge in [-0.05, 0) is 19.3 Å². The zero-order valence-electron chi connectivity index (χ0n) is 18.8. The lowest BCUT2D eigenvalue weighted by Crippen LogP contribution is -2.53. The fourth-order valence-corrected chi connectivity index (χ4v) is 7.55. The third-order valence-corrected chi connectivity index (χ3v) is 8.83. The smallest absolute Gasteiger partial charge is 0.311 e. The Morgan fingerprint density at radius 3 is 2.69 bits per heavy atom. The normalized spacial score (nSPS) is 33.6. The topological polar surface area (TPSA) is 87.2 Å². The molecule has 2 saturated heterocycles. The van der Waals surface area contributed by atoms with Crippen molar-refractivity contribution in [1.82, 2.24) is 9.80 Å². The second kappa shape index (κ2) is 10.00. The van der Waals surface area contributed by atoms with Gasteiger partial charge in [0.1, 0.15) is 12.6 Å². The van der Waals surface area contributed by atoms with E-state index in [1.165, 1.54) is 0 Å². The molecule has 0 aromatic rings. The molecule has 0 bridgehead atoms. The van der Waals surface area contributed by atoms with E-state index < -0.39 is 22.6 Å². The molecule has 1 spiro atoms. The average Bonchev–Trinajstić information content (AvgIpc) is 3.08. The van der Waals surface area contributed by atoms with Gasteiger partial charge in [0, 0.05) is 31.5 Å². The van der Waals surface area contributed by atoms with E-state index in [0.717, 1.165) is 38.5 Å². The van der Waals surface area contributed by atoms with Crippen molar-refractivity contribution in [2.75, 3.05) is 32.8 Å². The van der Waals surface area contributed by atoms with Crippen molar-refractivity contribution in [3.05, 3.63) is 24.3 Å². The maximum atomic E-state index is 13.8. The summed E-state index contributed by atoms with van der Waals surface area (Å²) >= 11 is 1.59. The van der Waals surface area contributed by atoms with Crippen molar-refractivity contribution >= 4 is 29.5 Å². The molecule has 4 aliphatic rings. The highest BCUT2D eigenvalue weighted by molar-refractivity contribution is 8.02. The molecule has 0 aliphatic carbocycles. The van der Waals surface area contributed by atoms with Gasteiger partial charge < -0.3 is 19.6 Å². The monoisotopic (exact) mass is 462 g/mol. The number of carbonyl (C=O) groups excluding carboxylic acids is 3. The molecule has 176 valence electrons. The van der Waals surface area contributed by atoms with Crippen molar-refractivity contribution < 1.29 is 24.2 Å². The molecule has 1 unspecified atom stereocenters. The van der Waals surface area contributed by atoms with E-state index in [1.54, 1.807) is 16.7 Å². The van der Waals surface area contributed by atoms with Crippen LogP contribution in [0.2, 0.25) is 0 Å². The SMILES string of the molecule is CCCCN1CC=C[C@]23S[C@@H]4C=CCOC(=O)[C@@H]4[C@H]2C(=O)N(CCCCCCO)C3C1=O. The molecular weight excluding hydrogens is 428 g/mol. The van der Waals surface area contributed by atoms with Gasteiger partial charge in [-0.15, -0.1) is 11.8 Å². The molecule has 5 atom stereocenters. The Morgan fingerprint density at radius 1 is 1.09 bits per heavy atom. The number of ether oxygens (including phenoxy) is 1. The molecule has 0 saturated carbocycles. The molecule has 1 N–H and O–H groups in total. The van der Waals surface area contributed by atoms with E-state index >= 15 is 0 Å². The van der Waals surface area contributed by atoms with Crippen LogP contribution in [0, 0.1) is 11.8 Å². The number of rotatable bonds is 9. The standard InChI is InChI=1S/C24H34N2O5S/c1-2-3-12-25-13-9-11-24-19(18-17(32-24)10-8-16-31-23(18)30)21(28)26(20(24)22(25)29)14-6-4-5-7-15-27/h8-11,17-20,27H,2-7,12-16H2,1H3/t17-,18+,19+,20?,24+/m1/s1. The minimum atomic E-state index is -0.740. The molecule has 4 aliphatic heterocycles. The number of hydrogen-bond donors (Lipinski definition) is 1. The number of aliphatic hydroxyl groups is 1. The van der Waals surface area contributed by atoms with Crippen molar-refractivity contribution in [3.63, 3.8) is 0 Å². The first-order valence-electron chi connectivity index (χ1n) is 11.9. The number of nitrogens with zero attached hydrogens (tertiary/aromatic N) is 2. The van der Waals surface area contributed by atoms with Gasteiger partial charge in [0.15, 0.2) is 0 Å². The molecule has 32 heavy (non-hydrogen) atoms. The van der Waals surface area contributed by atoms with Crippen LogP contribution in [0.1, 0.15) is 45.4 Å². The average molecular weight is 463 g/mol. The molecule has 4 rings (SSSR count). The second-order valence-electron chi connectivity index (χ2n) is 9.11. The number of hydrogen-bond acceptors (Lipinski definition) is 6. The van der Waals surface area contributed by atoms with Gasteiger partial charge in [-0.2, -0.15) is 0 Å². The summed E-state index contributed by atoms with van der Waals surface area (Å²) in [6.45, 7) is 4.22. The van der Waals surface area contributed by atoms with Crippen LogP contribution >= 0.6 is 11.8 Å². The molecule has 4 heterocycles. The van der Waals surface area contributed by atoms with Crippen LogP contribution in [-0.2, 0) is 19.1 Å². The summed E-state index contributed by atoms with van der Waals surface area (Å²) < 4.78 is 4.65. The summed E-state index contributed by atoms with van der Waals surface area (Å²) in [5.41, 5.74) is 0. The first kappa shape index (κ1) is 23.4. The Bertz CT molecular complexity index is 799. The number of thioether (sulfide) groups is 1. The lowest BCUT2D eigenvalue weighted by Gasteiger charge is -2.35. The van der Waals surface area contributed by atoms with Gasteiger partial charge in [0.05, 0.1) is 16.6 Å². The highest BCUT2D eigenvalue weighted by Gasteiger charge is 2.70. The summed E-state index contributed by atoms with van der Waals surface area (Å²) in [5.74, 6) is -1.58. The van der Waals surface area contributed by atoms with Crippen molar-refractivity contribution in [2.45, 2.75) is 61.5 Å². The van der Waals surface area contributed by atoms with Gasteiger partial charge in [-0.25, -0.2) is 0 Å². The predicted octanol–water partition coefficient (Wildman–Crippen LogP) is 2.15. The number of unbranched alkanes of at least 4 members (excludes halogenated alkanes) is 4. The zero-order chi connectivity index (χ0) is 22.7. The van der Waals surface area contributed by atoms with E-state index in [1.807, 2.05) is 23.1 Å². The summed E-state index contributed by atoms with van der Waals surface area (Å²) in [7, 11) is 0. The number of fused-ring (bicyclic) bond motifs is 2. The first-order valence-corrected chi connectivity index (χ1v) is 12.8. The molecule has 7 nitrogen and oxygen atoms in total. The van der Waals surface area contributed by atoms with Crippen molar-refractivity contribution in [3.8, 4) is 0 Å². The maximum Gasteiger partial charge on any atom is 0.311 e. The minimum absolute atomic E-state index is 0.00374. The Hall–Kier alpha value is -1.80. The van der Waals surface area contributed by atoms with Crippen molar-refractivity contribution in [2.24, 2.45) is 11.8 Å². The van der Waals surface area contributed by atoms with Crippen molar-refractivity contribution in [1.29, 1.82) is 0 Å². The number of esters is 1. The van der Waals surface area contributed by atoms with E-state index in [4.69, 9.17) is 9.84 Å². The van der Waals surface area contributed by atoms with E-state index in [2.05, 4.69) is 13.0 Å². The Balaban J connectivity index is 1.67. The summed E-state index contributed by atoms with van der Waals surface area (Å²) in [6, 6.07) is -0.591. The van der Waals surface area contributed by atoms with Gasteiger partial charge in [-0.3, -0.25) is 14.4 Å². The summed E-state index contributed by atoms with van der Waals surface area (Å²) in [5, 5.41) is 8.87. The van der Waals surface area contributed by atoms with Crippen LogP contribution in [0.15, 0.2) is 24.3 Å². The number of likely N-dealkylation sites (tertiary alicyclic amines) is 1. The number of carbonyl (C=O) groups is 3. The molecule has 0 radical (unpaired) electrons. The largest absolute Gasteiger partial charge is 0.461 e. The van der Waals surface area contributed by atoms with E-state index in [-0.39, 0.29) is 36.2 Å². The number of cyclic esters (lactones) is 1. The molecule has 2 fully saturated rings. The zero-order valence-corrected chi connectivity index (χ0v) is 19.6. The summed E-state index contributed by atoms with van der Waals surface area (Å²) in [4.78, 5) is 44.1. The maximum absolute atomic E-state index is 13.8. The lowest BCUT2D eigenvalue weighted by molar-refractivity contribution is -0.151.